The Morgan fingerprint density at radius 1 is 0.333 bits per heavy atom. The maximum absolute atomic E-state index is 8.65. The van der Waals surface area contributed by atoms with E-state index in [9.17, 15) is 0 Å². The topological polar surface area (TPSA) is 3.24 Å². The molecule has 0 saturated heterocycles. The van der Waals surface area contributed by atoms with Crippen molar-refractivity contribution < 1.29 is 6.85 Å². The van der Waals surface area contributed by atoms with Gasteiger partial charge < -0.3 is 4.90 Å². The minimum absolute atomic E-state index is 0.178. The van der Waals surface area contributed by atoms with E-state index in [4.69, 9.17) is 6.85 Å². The molecule has 1 aliphatic rings. The molecule has 0 heterocycles. The zero-order valence-corrected chi connectivity index (χ0v) is 32.7. The number of fused-ring (bicyclic) bond motifs is 4. The van der Waals surface area contributed by atoms with E-state index in [2.05, 4.69) is 181 Å². The second kappa shape index (κ2) is 14.9. The highest BCUT2D eigenvalue weighted by molar-refractivity contribution is 6.07. The van der Waals surface area contributed by atoms with Gasteiger partial charge in [-0.05, 0) is 109 Å². The highest BCUT2D eigenvalue weighted by Crippen LogP contribution is 2.57. The fraction of sp³-hybridized carbons (Fsp3) is 0.0169. The summed E-state index contributed by atoms with van der Waals surface area (Å²) < 4.78 is 42.0. The summed E-state index contributed by atoms with van der Waals surface area (Å²) in [6, 6.07) is 75.6. The molecule has 0 bridgehead atoms. The van der Waals surface area contributed by atoms with Crippen LogP contribution in [0.5, 0.6) is 0 Å². The second-order valence-corrected chi connectivity index (χ2v) is 15.3. The Morgan fingerprint density at radius 2 is 0.817 bits per heavy atom. The summed E-state index contributed by atoms with van der Waals surface area (Å²) >= 11 is 0. The van der Waals surface area contributed by atoms with Gasteiger partial charge in [-0.15, -0.1) is 0 Å². The minimum Gasteiger partial charge on any atom is -0.310 e. The van der Waals surface area contributed by atoms with Crippen LogP contribution in [0.25, 0.3) is 55.3 Å². The molecule has 0 aromatic heterocycles. The molecule has 11 rings (SSSR count). The molecule has 0 atom stereocenters. The van der Waals surface area contributed by atoms with Crippen LogP contribution < -0.4 is 4.90 Å². The highest BCUT2D eigenvalue weighted by atomic mass is 15.1. The van der Waals surface area contributed by atoms with Gasteiger partial charge in [-0.2, -0.15) is 0 Å². The maximum Gasteiger partial charge on any atom is 0.0713 e. The Bertz CT molecular complexity index is 3340. The Balaban J connectivity index is 1.09. The summed E-state index contributed by atoms with van der Waals surface area (Å²) in [5.41, 5.74) is 14.9. The van der Waals surface area contributed by atoms with Crippen LogP contribution in [-0.4, -0.2) is 0 Å². The van der Waals surface area contributed by atoms with Crippen LogP contribution in [-0.2, 0) is 5.41 Å². The summed E-state index contributed by atoms with van der Waals surface area (Å²) in [7, 11) is 0. The molecule has 0 unspecified atom stereocenters. The third kappa shape index (κ3) is 5.86. The Hall–Kier alpha value is -7.74. The molecule has 0 N–H and O–H groups in total. The standard InChI is InChI=1S/C59H41N/c1-5-17-42(18-6-1)44-29-34-49(35-30-44)60(50-36-31-45(32-37-50)43-19-7-2-8-20-43)58-40-39-51(52-25-13-14-27-55(52)58)46-33-38-54-53-26-15-16-28-56(53)59(57(54)41-46,47-21-9-3-10-22-47)48-23-11-4-12-24-48/h1-41H/i1D,5D,6D,17D,18D. The van der Waals surface area contributed by atoms with Crippen molar-refractivity contribution in [3.8, 4) is 44.5 Å². The quantitative estimate of drug-likeness (QED) is 0.149. The van der Waals surface area contributed by atoms with Gasteiger partial charge in [0.05, 0.1) is 18.0 Å². The largest absolute Gasteiger partial charge is 0.310 e. The van der Waals surface area contributed by atoms with E-state index in [0.717, 1.165) is 50.1 Å². The van der Waals surface area contributed by atoms with E-state index in [1.54, 1.807) is 0 Å². The zero-order chi connectivity index (χ0) is 44.2. The molecule has 10 aromatic carbocycles. The molecule has 0 fully saturated rings. The first-order chi connectivity index (χ1) is 31.8. The van der Waals surface area contributed by atoms with Crippen molar-refractivity contribution in [2.75, 3.05) is 4.90 Å². The van der Waals surface area contributed by atoms with Crippen LogP contribution in [0.15, 0.2) is 249 Å². The first kappa shape index (κ1) is 30.4. The van der Waals surface area contributed by atoms with Gasteiger partial charge in [0.2, 0.25) is 0 Å². The molecule has 282 valence electrons. The predicted octanol–water partition coefficient (Wildman–Crippen LogP) is 15.7. The third-order valence-electron chi connectivity index (χ3n) is 12.1. The fourth-order valence-corrected chi connectivity index (χ4v) is 9.37. The van der Waals surface area contributed by atoms with Gasteiger partial charge in [-0.1, -0.05) is 212 Å². The summed E-state index contributed by atoms with van der Waals surface area (Å²) in [6.07, 6.45) is 0. The van der Waals surface area contributed by atoms with Crippen LogP contribution in [0, 0.1) is 0 Å². The first-order valence-corrected chi connectivity index (χ1v) is 20.3. The Morgan fingerprint density at radius 3 is 1.47 bits per heavy atom. The molecule has 0 saturated carbocycles. The molecule has 0 radical (unpaired) electrons. The minimum atomic E-state index is -0.524. The van der Waals surface area contributed by atoms with E-state index in [0.29, 0.717) is 5.56 Å². The van der Waals surface area contributed by atoms with Crippen LogP contribution in [0.4, 0.5) is 17.1 Å². The molecule has 10 aromatic rings. The number of anilines is 3. The molecule has 1 aliphatic carbocycles. The predicted molar refractivity (Wildman–Crippen MR) is 252 cm³/mol. The van der Waals surface area contributed by atoms with Crippen molar-refractivity contribution in [3.05, 3.63) is 271 Å². The Kier molecular flexibility index (Phi) is 7.53. The first-order valence-electron chi connectivity index (χ1n) is 22.8. The van der Waals surface area contributed by atoms with Crippen molar-refractivity contribution in [2.24, 2.45) is 0 Å². The van der Waals surface area contributed by atoms with E-state index < -0.39 is 11.5 Å². The molecule has 0 aliphatic heterocycles. The SMILES string of the molecule is [2H]c1c([2H])c([2H])c(-c2ccc(N(c3ccc(-c4ccccc4)cc3)c3ccc(-c4ccc5c(c4)C(c4ccccc4)(c4ccccc4)c4ccccc4-5)c4ccccc34)cc2)c([2H])c1[2H]. The average molecular weight is 769 g/mol. The lowest BCUT2D eigenvalue weighted by Gasteiger charge is -2.34. The summed E-state index contributed by atoms with van der Waals surface area (Å²) in [5, 5.41) is 2.17. The summed E-state index contributed by atoms with van der Waals surface area (Å²) in [4.78, 5) is 2.24. The molecule has 60 heavy (non-hydrogen) atoms. The number of nitrogens with zero attached hydrogens (tertiary/aromatic N) is 1. The number of hydrogen-bond donors (Lipinski definition) is 0. The van der Waals surface area contributed by atoms with E-state index in [1.165, 1.54) is 33.4 Å². The highest BCUT2D eigenvalue weighted by Gasteiger charge is 2.46. The van der Waals surface area contributed by atoms with E-state index >= 15 is 0 Å². The van der Waals surface area contributed by atoms with Crippen molar-refractivity contribution in [3.63, 3.8) is 0 Å². The summed E-state index contributed by atoms with van der Waals surface area (Å²) in [6.45, 7) is 0. The zero-order valence-electron chi connectivity index (χ0n) is 37.7. The maximum atomic E-state index is 8.65. The molecular weight excluding hydrogens is 723 g/mol. The third-order valence-corrected chi connectivity index (χ3v) is 12.1. The van der Waals surface area contributed by atoms with Crippen LogP contribution in [0.3, 0.4) is 0 Å². The van der Waals surface area contributed by atoms with Gasteiger partial charge >= 0.3 is 0 Å². The van der Waals surface area contributed by atoms with E-state index in [-0.39, 0.29) is 29.7 Å². The van der Waals surface area contributed by atoms with E-state index in [1.807, 2.05) is 42.5 Å². The van der Waals surface area contributed by atoms with Crippen LogP contribution >= 0.6 is 0 Å². The average Bonchev–Trinajstić information content (AvgIpc) is 3.67. The smallest absolute Gasteiger partial charge is 0.0713 e. The Labute approximate surface area is 359 Å². The van der Waals surface area contributed by atoms with Gasteiger partial charge in [-0.3, -0.25) is 0 Å². The van der Waals surface area contributed by atoms with Crippen LogP contribution in [0.2, 0.25) is 0 Å². The van der Waals surface area contributed by atoms with Crippen molar-refractivity contribution in [1.29, 1.82) is 0 Å². The lowest BCUT2D eigenvalue weighted by atomic mass is 9.67. The number of benzene rings is 10. The van der Waals surface area contributed by atoms with Crippen LogP contribution in [0.1, 0.15) is 29.1 Å². The lowest BCUT2D eigenvalue weighted by molar-refractivity contribution is 0.769. The monoisotopic (exact) mass is 768 g/mol. The van der Waals surface area contributed by atoms with Crippen molar-refractivity contribution >= 4 is 27.8 Å². The lowest BCUT2D eigenvalue weighted by Crippen LogP contribution is -2.28. The van der Waals surface area contributed by atoms with Crippen molar-refractivity contribution in [2.45, 2.75) is 5.41 Å². The van der Waals surface area contributed by atoms with Gasteiger partial charge in [0.25, 0.3) is 0 Å². The van der Waals surface area contributed by atoms with Gasteiger partial charge in [0.15, 0.2) is 0 Å². The molecule has 1 nitrogen and oxygen atoms in total. The second-order valence-electron chi connectivity index (χ2n) is 15.3. The van der Waals surface area contributed by atoms with Crippen molar-refractivity contribution in [1.82, 2.24) is 0 Å². The number of hydrogen-bond acceptors (Lipinski definition) is 1. The summed E-state index contributed by atoms with van der Waals surface area (Å²) in [5.74, 6) is 0. The van der Waals surface area contributed by atoms with Gasteiger partial charge in [0, 0.05) is 16.8 Å². The molecule has 1 heteroatoms. The molecular formula is C59H41N. The number of rotatable bonds is 8. The van der Waals surface area contributed by atoms with Gasteiger partial charge in [-0.25, -0.2) is 0 Å². The normalized spacial score (nSPS) is 13.6. The fourth-order valence-electron chi connectivity index (χ4n) is 9.37. The molecule has 0 spiro atoms. The molecule has 0 amide bonds. The van der Waals surface area contributed by atoms with Gasteiger partial charge in [0.1, 0.15) is 0 Å².